The van der Waals surface area contributed by atoms with Crippen molar-refractivity contribution in [1.82, 2.24) is 5.32 Å². The van der Waals surface area contributed by atoms with Crippen LogP contribution >= 0.6 is 0 Å². The van der Waals surface area contributed by atoms with Crippen LogP contribution in [-0.4, -0.2) is 50.6 Å². The molecule has 124 valence electrons. The molecule has 1 saturated heterocycles. The summed E-state index contributed by atoms with van der Waals surface area (Å²) in [7, 11) is 1.28. The van der Waals surface area contributed by atoms with Gasteiger partial charge in [-0.15, -0.1) is 0 Å². The summed E-state index contributed by atoms with van der Waals surface area (Å²) in [6.07, 6.45) is -0.0323. The fourth-order valence-electron chi connectivity index (χ4n) is 2.58. The molecule has 2 rings (SSSR count). The number of benzene rings is 1. The van der Waals surface area contributed by atoms with Gasteiger partial charge in [0.05, 0.1) is 20.2 Å². The van der Waals surface area contributed by atoms with Gasteiger partial charge in [-0.05, 0) is 19.1 Å². The molecular weight excluding hydrogens is 298 g/mol. The number of carbonyl (C=O) groups excluding carboxylic acids is 3. The van der Waals surface area contributed by atoms with E-state index >= 15 is 0 Å². The number of carbonyl (C=O) groups is 3. The van der Waals surface area contributed by atoms with Crippen molar-refractivity contribution in [3.8, 4) is 0 Å². The summed E-state index contributed by atoms with van der Waals surface area (Å²) in [5.74, 6) is -0.864. The summed E-state index contributed by atoms with van der Waals surface area (Å²) < 4.78 is 4.63. The lowest BCUT2D eigenvalue weighted by Gasteiger charge is -2.30. The predicted octanol–water partition coefficient (Wildman–Crippen LogP) is -1.12. The number of quaternary nitrogens is 1. The molecule has 0 spiro atoms. The fourth-order valence-corrected chi connectivity index (χ4v) is 2.58. The van der Waals surface area contributed by atoms with Crippen molar-refractivity contribution in [2.24, 2.45) is 0 Å². The van der Waals surface area contributed by atoms with Crippen molar-refractivity contribution in [2.45, 2.75) is 19.4 Å². The zero-order valence-corrected chi connectivity index (χ0v) is 13.3. The zero-order chi connectivity index (χ0) is 16.8. The maximum absolute atomic E-state index is 12.2. The summed E-state index contributed by atoms with van der Waals surface area (Å²) >= 11 is 0. The number of hydrogen-bond donors (Lipinski definition) is 3. The van der Waals surface area contributed by atoms with Gasteiger partial charge in [-0.3, -0.25) is 14.4 Å². The molecule has 3 N–H and O–H groups in total. The number of methoxy groups -OCH3 is 1. The van der Waals surface area contributed by atoms with Gasteiger partial charge in [0.1, 0.15) is 6.42 Å². The number of rotatable bonds is 5. The number of hydrogen-bond acceptors (Lipinski definition) is 4. The second-order valence-electron chi connectivity index (χ2n) is 5.62. The second-order valence-corrected chi connectivity index (χ2v) is 5.62. The van der Waals surface area contributed by atoms with E-state index in [1.54, 1.807) is 0 Å². The van der Waals surface area contributed by atoms with E-state index in [2.05, 4.69) is 15.4 Å². The molecule has 0 aromatic heterocycles. The van der Waals surface area contributed by atoms with Gasteiger partial charge in [-0.1, -0.05) is 17.7 Å². The minimum absolute atomic E-state index is 0.0323. The molecule has 1 aliphatic heterocycles. The molecule has 2 atom stereocenters. The highest BCUT2D eigenvalue weighted by atomic mass is 16.5. The van der Waals surface area contributed by atoms with E-state index in [0.717, 1.165) is 10.5 Å². The monoisotopic (exact) mass is 320 g/mol. The molecular formula is C16H22N3O4+. The molecule has 0 radical (unpaired) electrons. The van der Waals surface area contributed by atoms with E-state index < -0.39 is 12.0 Å². The predicted molar refractivity (Wildman–Crippen MR) is 83.9 cm³/mol. The Balaban J connectivity index is 1.97. The minimum atomic E-state index is -0.597. The van der Waals surface area contributed by atoms with E-state index in [1.165, 1.54) is 7.11 Å². The Kier molecular flexibility index (Phi) is 5.70. The summed E-state index contributed by atoms with van der Waals surface area (Å²) in [6, 6.07) is 6.89. The van der Waals surface area contributed by atoms with Crippen LogP contribution in [0.4, 0.5) is 5.69 Å². The number of ether oxygens (including phenoxy) is 1. The lowest BCUT2D eigenvalue weighted by molar-refractivity contribution is -0.909. The second kappa shape index (κ2) is 7.73. The van der Waals surface area contributed by atoms with Gasteiger partial charge in [0.2, 0.25) is 0 Å². The molecule has 0 aliphatic carbocycles. The van der Waals surface area contributed by atoms with Crippen LogP contribution in [0, 0.1) is 6.92 Å². The fraction of sp³-hybridized carbons (Fsp3) is 0.438. The van der Waals surface area contributed by atoms with Crippen LogP contribution in [0.3, 0.4) is 0 Å². The number of esters is 1. The van der Waals surface area contributed by atoms with E-state index in [0.29, 0.717) is 18.8 Å². The minimum Gasteiger partial charge on any atom is -0.469 e. The number of nitrogens with one attached hydrogen (secondary N) is 3. The van der Waals surface area contributed by atoms with Crippen LogP contribution in [0.25, 0.3) is 0 Å². The van der Waals surface area contributed by atoms with Crippen molar-refractivity contribution in [1.29, 1.82) is 0 Å². The van der Waals surface area contributed by atoms with Crippen molar-refractivity contribution < 1.29 is 24.0 Å². The molecule has 1 aromatic rings. The highest BCUT2D eigenvalue weighted by molar-refractivity contribution is 5.92. The topological polar surface area (TPSA) is 88.9 Å². The van der Waals surface area contributed by atoms with Gasteiger partial charge in [0.25, 0.3) is 11.8 Å². The Hall–Kier alpha value is -2.41. The molecule has 7 nitrogen and oxygen atoms in total. The van der Waals surface area contributed by atoms with E-state index in [1.807, 2.05) is 31.2 Å². The molecule has 1 fully saturated rings. The van der Waals surface area contributed by atoms with Crippen LogP contribution in [0.2, 0.25) is 0 Å². The lowest BCUT2D eigenvalue weighted by atomic mass is 10.1. The van der Waals surface area contributed by atoms with Crippen LogP contribution in [0.1, 0.15) is 12.0 Å². The van der Waals surface area contributed by atoms with E-state index in [9.17, 15) is 14.4 Å². The highest BCUT2D eigenvalue weighted by Crippen LogP contribution is 2.07. The van der Waals surface area contributed by atoms with E-state index in [-0.39, 0.29) is 24.8 Å². The standard InChI is InChI=1S/C16H21N3O4/c1-11-3-5-12(6-4-11)18-14(20)10-19-8-7-17-16(22)13(19)9-15(21)23-2/h3-6,13H,7-10H2,1-2H3,(H,17,22)(H,18,20)/p+1/t13-/m1/s1. The Morgan fingerprint density at radius 3 is 2.70 bits per heavy atom. The summed E-state index contributed by atoms with van der Waals surface area (Å²) in [6.45, 7) is 3.18. The summed E-state index contributed by atoms with van der Waals surface area (Å²) in [4.78, 5) is 36.4. The molecule has 7 heteroatoms. The molecule has 1 unspecified atom stereocenters. The smallest absolute Gasteiger partial charge is 0.312 e. The van der Waals surface area contributed by atoms with Crippen molar-refractivity contribution >= 4 is 23.5 Å². The molecule has 2 amide bonds. The van der Waals surface area contributed by atoms with Gasteiger partial charge in [-0.2, -0.15) is 0 Å². The third-order valence-corrected chi connectivity index (χ3v) is 3.88. The SMILES string of the molecule is COC(=O)C[C@@H]1C(=O)NCC[NH+]1CC(=O)Nc1ccc(C)cc1. The van der Waals surface area contributed by atoms with Gasteiger partial charge >= 0.3 is 5.97 Å². The number of anilines is 1. The number of amides is 2. The van der Waals surface area contributed by atoms with E-state index in [4.69, 9.17) is 0 Å². The van der Waals surface area contributed by atoms with Crippen molar-refractivity contribution in [2.75, 3.05) is 32.1 Å². The maximum atomic E-state index is 12.2. The normalized spacial score (nSPS) is 20.5. The van der Waals surface area contributed by atoms with Gasteiger partial charge in [0.15, 0.2) is 12.6 Å². The Labute approximate surface area is 135 Å². The Morgan fingerprint density at radius 1 is 1.35 bits per heavy atom. The maximum Gasteiger partial charge on any atom is 0.312 e. The van der Waals surface area contributed by atoms with Crippen molar-refractivity contribution in [3.63, 3.8) is 0 Å². The molecule has 23 heavy (non-hydrogen) atoms. The number of piperazine rings is 1. The Morgan fingerprint density at radius 2 is 2.04 bits per heavy atom. The highest BCUT2D eigenvalue weighted by Gasteiger charge is 2.36. The molecule has 0 saturated carbocycles. The first-order chi connectivity index (χ1) is 11.0. The van der Waals surface area contributed by atoms with Crippen molar-refractivity contribution in [3.05, 3.63) is 29.8 Å². The van der Waals surface area contributed by atoms with Crippen LogP contribution in [-0.2, 0) is 19.1 Å². The molecule has 1 heterocycles. The zero-order valence-electron chi connectivity index (χ0n) is 13.3. The first-order valence-corrected chi connectivity index (χ1v) is 7.55. The summed E-state index contributed by atoms with van der Waals surface area (Å²) in [5.41, 5.74) is 1.82. The third-order valence-electron chi connectivity index (χ3n) is 3.88. The lowest BCUT2D eigenvalue weighted by Crippen LogP contribution is -3.20. The van der Waals surface area contributed by atoms with Gasteiger partial charge in [-0.25, -0.2) is 0 Å². The quantitative estimate of drug-likeness (QED) is 0.600. The summed E-state index contributed by atoms with van der Waals surface area (Å²) in [5, 5.41) is 5.53. The molecule has 1 aromatic carbocycles. The first kappa shape index (κ1) is 17.0. The van der Waals surface area contributed by atoms with Crippen LogP contribution in [0.5, 0.6) is 0 Å². The Bertz CT molecular complexity index is 585. The average Bonchev–Trinajstić information content (AvgIpc) is 2.52. The molecule has 0 bridgehead atoms. The molecule has 1 aliphatic rings. The van der Waals surface area contributed by atoms with Crippen LogP contribution in [0.15, 0.2) is 24.3 Å². The average molecular weight is 320 g/mol. The van der Waals surface area contributed by atoms with Gasteiger partial charge in [0, 0.05) is 5.69 Å². The number of aryl methyl sites for hydroxylation is 1. The first-order valence-electron chi connectivity index (χ1n) is 7.55. The van der Waals surface area contributed by atoms with Gasteiger partial charge < -0.3 is 20.3 Å². The third kappa shape index (κ3) is 4.79. The largest absolute Gasteiger partial charge is 0.469 e. The van der Waals surface area contributed by atoms with Crippen LogP contribution < -0.4 is 15.5 Å².